The molecule has 2 heterocycles. The summed E-state index contributed by atoms with van der Waals surface area (Å²) in [6, 6.07) is 0. The first-order valence-corrected chi connectivity index (χ1v) is 6.70. The van der Waals surface area contributed by atoms with E-state index in [0.29, 0.717) is 12.0 Å². The van der Waals surface area contributed by atoms with Crippen molar-refractivity contribution in [2.75, 3.05) is 6.61 Å². The van der Waals surface area contributed by atoms with Gasteiger partial charge in [0.25, 0.3) is 5.56 Å². The van der Waals surface area contributed by atoms with Crippen LogP contribution in [0.3, 0.4) is 0 Å². The third-order valence-corrected chi connectivity index (χ3v) is 4.57. The van der Waals surface area contributed by atoms with Crippen LogP contribution in [0.4, 0.5) is 0 Å². The topological polar surface area (TPSA) is 75.1 Å². The number of H-pyrrole nitrogens is 1. The van der Waals surface area contributed by atoms with E-state index >= 15 is 0 Å². The molecule has 0 amide bonds. The normalized spacial score (nSPS) is 24.1. The summed E-state index contributed by atoms with van der Waals surface area (Å²) in [5, 5.41) is 9.31. The highest BCUT2D eigenvalue weighted by atomic mass is 32.2. The Hall–Kier alpha value is -1.01. The van der Waals surface area contributed by atoms with Crippen LogP contribution < -0.4 is 11.2 Å². The molecule has 1 saturated heterocycles. The molecule has 0 aromatic carbocycles. The van der Waals surface area contributed by atoms with Crippen molar-refractivity contribution in [1.82, 2.24) is 9.55 Å². The number of hydrogen-bond acceptors (Lipinski definition) is 4. The third kappa shape index (κ3) is 2.47. The molecule has 0 radical (unpaired) electrons. The van der Waals surface area contributed by atoms with Gasteiger partial charge in [-0.05, 0) is 19.3 Å². The maximum absolute atomic E-state index is 11.7. The van der Waals surface area contributed by atoms with E-state index in [9.17, 15) is 9.59 Å². The van der Waals surface area contributed by atoms with Crippen LogP contribution in [-0.2, 0) is 6.42 Å². The smallest absolute Gasteiger partial charge is 0.329 e. The molecule has 0 bridgehead atoms. The van der Waals surface area contributed by atoms with Crippen LogP contribution in [0.2, 0.25) is 0 Å². The maximum atomic E-state index is 11.7. The van der Waals surface area contributed by atoms with Crippen LogP contribution in [0.5, 0.6) is 0 Å². The second-order valence-corrected chi connectivity index (χ2v) is 5.63. The van der Waals surface area contributed by atoms with Gasteiger partial charge in [0.15, 0.2) is 0 Å². The Balaban J connectivity index is 2.33. The molecule has 94 valence electrons. The van der Waals surface area contributed by atoms with Gasteiger partial charge in [0, 0.05) is 17.0 Å². The summed E-state index contributed by atoms with van der Waals surface area (Å²) in [5.74, 6) is 0. The minimum Gasteiger partial charge on any atom is -0.395 e. The van der Waals surface area contributed by atoms with E-state index in [2.05, 4.69) is 4.98 Å². The van der Waals surface area contributed by atoms with Crippen LogP contribution >= 0.6 is 11.8 Å². The fraction of sp³-hybridized carbons (Fsp3) is 0.636. The Morgan fingerprint density at radius 3 is 2.88 bits per heavy atom. The number of hydrogen-bond donors (Lipinski definition) is 2. The summed E-state index contributed by atoms with van der Waals surface area (Å²) < 4.78 is 1.58. The monoisotopic (exact) mass is 256 g/mol. The number of aromatic nitrogens is 2. The van der Waals surface area contributed by atoms with E-state index in [4.69, 9.17) is 5.11 Å². The minimum absolute atomic E-state index is 0.0294. The molecule has 5 nitrogen and oxygen atoms in total. The van der Waals surface area contributed by atoms with Gasteiger partial charge in [0.05, 0.1) is 12.0 Å². The van der Waals surface area contributed by atoms with Gasteiger partial charge in [0.2, 0.25) is 0 Å². The number of aryl methyl sites for hydroxylation is 1. The van der Waals surface area contributed by atoms with Crippen molar-refractivity contribution in [2.24, 2.45) is 0 Å². The number of nitrogens with one attached hydrogen (secondary N) is 1. The van der Waals surface area contributed by atoms with Crippen LogP contribution in [0, 0.1) is 0 Å². The zero-order chi connectivity index (χ0) is 12.4. The molecule has 2 N–H and O–H groups in total. The predicted molar refractivity (Wildman–Crippen MR) is 67.4 cm³/mol. The molecular weight excluding hydrogens is 240 g/mol. The number of aliphatic hydroxyl groups excluding tert-OH is 1. The maximum Gasteiger partial charge on any atom is 0.329 e. The zero-order valence-electron chi connectivity index (χ0n) is 9.68. The molecule has 1 fully saturated rings. The Labute approximate surface area is 103 Å². The van der Waals surface area contributed by atoms with Crippen molar-refractivity contribution in [2.45, 2.75) is 36.8 Å². The summed E-state index contributed by atoms with van der Waals surface area (Å²) in [4.78, 5) is 25.5. The van der Waals surface area contributed by atoms with Crippen LogP contribution in [0.1, 0.15) is 30.7 Å². The second kappa shape index (κ2) is 5.10. The summed E-state index contributed by atoms with van der Waals surface area (Å²) in [6.07, 6.45) is 4.01. The number of aromatic amines is 1. The summed E-state index contributed by atoms with van der Waals surface area (Å²) in [5.41, 5.74) is -0.0311. The highest BCUT2D eigenvalue weighted by Crippen LogP contribution is 2.40. The lowest BCUT2D eigenvalue weighted by molar-refractivity contribution is 0.292. The van der Waals surface area contributed by atoms with Crippen molar-refractivity contribution >= 4 is 11.8 Å². The number of aliphatic hydroxyl groups is 1. The van der Waals surface area contributed by atoms with E-state index in [0.717, 1.165) is 12.8 Å². The fourth-order valence-electron chi connectivity index (χ4n) is 2.02. The summed E-state index contributed by atoms with van der Waals surface area (Å²) in [7, 11) is 0. The van der Waals surface area contributed by atoms with E-state index in [1.807, 2.05) is 6.92 Å². The van der Waals surface area contributed by atoms with Gasteiger partial charge in [-0.3, -0.25) is 14.3 Å². The molecule has 0 spiro atoms. The van der Waals surface area contributed by atoms with Gasteiger partial charge in [0.1, 0.15) is 0 Å². The van der Waals surface area contributed by atoms with Gasteiger partial charge in [-0.25, -0.2) is 4.79 Å². The molecular formula is C11H16N2O3S. The Kier molecular flexibility index (Phi) is 3.73. The van der Waals surface area contributed by atoms with Crippen molar-refractivity contribution in [3.63, 3.8) is 0 Å². The Morgan fingerprint density at radius 1 is 1.53 bits per heavy atom. The Bertz CT molecular complexity index is 508. The van der Waals surface area contributed by atoms with Crippen molar-refractivity contribution in [1.29, 1.82) is 0 Å². The number of thioether (sulfide) groups is 1. The SMILES string of the molecule is CCc1cn([C@H]2CC[C@@H](CO)S2)c(=O)[nH]c1=O. The van der Waals surface area contributed by atoms with Crippen molar-refractivity contribution < 1.29 is 5.11 Å². The fourth-order valence-corrected chi connectivity index (χ4v) is 3.38. The second-order valence-electron chi connectivity index (χ2n) is 4.15. The van der Waals surface area contributed by atoms with Crippen molar-refractivity contribution in [3.05, 3.63) is 32.6 Å². The predicted octanol–water partition coefficient (Wildman–Crippen LogP) is 0.485. The third-order valence-electron chi connectivity index (χ3n) is 3.02. The molecule has 0 unspecified atom stereocenters. The molecule has 0 saturated carbocycles. The van der Waals surface area contributed by atoms with Crippen LogP contribution in [0.15, 0.2) is 15.8 Å². The van der Waals surface area contributed by atoms with Crippen LogP contribution in [0.25, 0.3) is 0 Å². The molecule has 6 heteroatoms. The lowest BCUT2D eigenvalue weighted by atomic mass is 10.2. The average Bonchev–Trinajstić information content (AvgIpc) is 2.78. The highest BCUT2D eigenvalue weighted by molar-refractivity contribution is 8.00. The molecule has 1 aliphatic heterocycles. The van der Waals surface area contributed by atoms with Gasteiger partial charge >= 0.3 is 5.69 Å². The quantitative estimate of drug-likeness (QED) is 0.825. The lowest BCUT2D eigenvalue weighted by Crippen LogP contribution is -2.32. The molecule has 17 heavy (non-hydrogen) atoms. The summed E-state index contributed by atoms with van der Waals surface area (Å²) in [6.45, 7) is 2.03. The first kappa shape index (κ1) is 12.4. The molecule has 1 aromatic rings. The number of nitrogens with zero attached hydrogens (tertiary/aromatic N) is 1. The Morgan fingerprint density at radius 2 is 2.29 bits per heavy atom. The molecule has 1 aromatic heterocycles. The first-order chi connectivity index (χ1) is 8.15. The first-order valence-electron chi connectivity index (χ1n) is 5.76. The average molecular weight is 256 g/mol. The largest absolute Gasteiger partial charge is 0.395 e. The van der Waals surface area contributed by atoms with Gasteiger partial charge in [-0.1, -0.05) is 6.92 Å². The zero-order valence-corrected chi connectivity index (χ0v) is 10.5. The molecule has 2 atom stereocenters. The highest BCUT2D eigenvalue weighted by Gasteiger charge is 2.26. The van der Waals surface area contributed by atoms with E-state index in [1.54, 1.807) is 22.5 Å². The van der Waals surface area contributed by atoms with E-state index in [1.165, 1.54) is 0 Å². The van der Waals surface area contributed by atoms with Crippen molar-refractivity contribution in [3.8, 4) is 0 Å². The van der Waals surface area contributed by atoms with Crippen LogP contribution in [-0.4, -0.2) is 26.5 Å². The molecule has 1 aliphatic rings. The minimum atomic E-state index is -0.358. The molecule has 0 aliphatic carbocycles. The lowest BCUT2D eigenvalue weighted by Gasteiger charge is -2.13. The van der Waals surface area contributed by atoms with E-state index in [-0.39, 0.29) is 28.5 Å². The number of rotatable bonds is 3. The van der Waals surface area contributed by atoms with Gasteiger partial charge < -0.3 is 5.11 Å². The molecule has 2 rings (SSSR count). The summed E-state index contributed by atoms with van der Waals surface area (Å²) >= 11 is 1.59. The standard InChI is InChI=1S/C11H16N2O3S/c1-2-7-5-13(11(16)12-10(7)15)9-4-3-8(6-14)17-9/h5,8-9,14H,2-4,6H2,1H3,(H,12,15,16)/t8-,9+/m0/s1. The van der Waals surface area contributed by atoms with E-state index < -0.39 is 0 Å². The van der Waals surface area contributed by atoms with Gasteiger partial charge in [-0.2, -0.15) is 0 Å². The van der Waals surface area contributed by atoms with Gasteiger partial charge in [-0.15, -0.1) is 11.8 Å².